The van der Waals surface area contributed by atoms with E-state index in [0.717, 1.165) is 6.42 Å². The highest BCUT2D eigenvalue weighted by molar-refractivity contribution is 5.72. The van der Waals surface area contributed by atoms with Gasteiger partial charge in [0.15, 0.2) is 0 Å². The summed E-state index contributed by atoms with van der Waals surface area (Å²) in [4.78, 5) is 11.1. The maximum absolute atomic E-state index is 11.1. The summed E-state index contributed by atoms with van der Waals surface area (Å²) in [6, 6.07) is 3.20. The minimum absolute atomic E-state index is 0.0971. The Kier molecular flexibility index (Phi) is 2.54. The Morgan fingerprint density at radius 2 is 2.21 bits per heavy atom. The Hall–Kier alpha value is -1.29. The van der Waals surface area contributed by atoms with Crippen molar-refractivity contribution in [1.29, 1.82) is 0 Å². The second-order valence-corrected chi connectivity index (χ2v) is 3.54. The molecule has 0 bridgehead atoms. The average Bonchev–Trinajstić information content (AvgIpc) is 2.75. The molecule has 1 aliphatic rings. The van der Waals surface area contributed by atoms with Gasteiger partial charge in [-0.3, -0.25) is 0 Å². The number of ether oxygens (including phenoxy) is 1. The molecule has 4 nitrogen and oxygen atoms in total. The number of nitrogens with zero attached hydrogens (tertiary/aromatic N) is 1. The lowest BCUT2D eigenvalue weighted by molar-refractivity contribution is -0.142. The molecule has 0 saturated carbocycles. The topological polar surface area (TPSA) is 51.5 Å². The number of aliphatic carboxylic acids is 1. The number of hydrogen-bond donors (Lipinski definition) is 1. The van der Waals surface area contributed by atoms with E-state index in [1.807, 2.05) is 12.1 Å². The maximum Gasteiger partial charge on any atom is 0.327 e. The van der Waals surface area contributed by atoms with Crippen molar-refractivity contribution in [3.05, 3.63) is 24.5 Å². The van der Waals surface area contributed by atoms with Gasteiger partial charge in [-0.15, -0.1) is 0 Å². The number of carboxylic acid groups (broad SMARTS) is 1. The number of rotatable bonds is 3. The van der Waals surface area contributed by atoms with E-state index in [2.05, 4.69) is 0 Å². The third-order valence-corrected chi connectivity index (χ3v) is 2.61. The quantitative estimate of drug-likeness (QED) is 0.787. The fourth-order valence-corrected chi connectivity index (χ4v) is 1.91. The van der Waals surface area contributed by atoms with Crippen LogP contribution in [0.1, 0.15) is 12.5 Å². The van der Waals surface area contributed by atoms with Crippen molar-refractivity contribution in [2.75, 3.05) is 13.2 Å². The number of hydrogen-bond acceptors (Lipinski definition) is 2. The Bertz CT molecular complexity index is 301. The van der Waals surface area contributed by atoms with Crippen molar-refractivity contribution in [2.24, 2.45) is 5.92 Å². The minimum atomic E-state index is -0.781. The molecule has 1 aliphatic heterocycles. The van der Waals surface area contributed by atoms with Gasteiger partial charge in [0.25, 0.3) is 0 Å². The molecular formula is C10H13NO3. The van der Waals surface area contributed by atoms with Crippen molar-refractivity contribution in [3.63, 3.8) is 0 Å². The molecule has 1 N–H and O–H groups in total. The summed E-state index contributed by atoms with van der Waals surface area (Å²) in [7, 11) is 0. The molecule has 2 rings (SSSR count). The summed E-state index contributed by atoms with van der Waals surface area (Å²) in [5.41, 5.74) is 0. The Morgan fingerprint density at radius 3 is 2.71 bits per heavy atom. The largest absolute Gasteiger partial charge is 0.480 e. The summed E-state index contributed by atoms with van der Waals surface area (Å²) in [5.74, 6) is -0.684. The summed E-state index contributed by atoms with van der Waals surface area (Å²) < 4.78 is 6.95. The first-order valence-corrected chi connectivity index (χ1v) is 4.72. The van der Waals surface area contributed by atoms with Crippen molar-refractivity contribution in [1.82, 2.24) is 4.57 Å². The van der Waals surface area contributed by atoms with E-state index >= 15 is 0 Å². The molecule has 14 heavy (non-hydrogen) atoms. The SMILES string of the molecule is O=C(O)C(C1CCOC1)n1cccc1. The van der Waals surface area contributed by atoms with Crippen LogP contribution in [0.3, 0.4) is 0 Å². The molecule has 0 amide bonds. The molecule has 1 fully saturated rings. The zero-order chi connectivity index (χ0) is 9.97. The van der Waals surface area contributed by atoms with Crippen molar-refractivity contribution in [3.8, 4) is 0 Å². The van der Waals surface area contributed by atoms with Crippen LogP contribution in [0.5, 0.6) is 0 Å². The van der Waals surface area contributed by atoms with Crippen LogP contribution in [-0.2, 0) is 9.53 Å². The zero-order valence-electron chi connectivity index (χ0n) is 7.80. The van der Waals surface area contributed by atoms with Crippen LogP contribution in [0.2, 0.25) is 0 Å². The van der Waals surface area contributed by atoms with E-state index < -0.39 is 12.0 Å². The summed E-state index contributed by atoms with van der Waals surface area (Å²) in [6.07, 6.45) is 4.41. The predicted molar refractivity (Wildman–Crippen MR) is 50.0 cm³/mol. The van der Waals surface area contributed by atoms with Crippen LogP contribution >= 0.6 is 0 Å². The third kappa shape index (κ3) is 1.65. The second-order valence-electron chi connectivity index (χ2n) is 3.54. The standard InChI is InChI=1S/C10H13NO3/c12-10(13)9(8-3-6-14-7-8)11-4-1-2-5-11/h1-2,4-5,8-9H,3,6-7H2,(H,12,13). The van der Waals surface area contributed by atoms with Gasteiger partial charge in [0, 0.05) is 24.9 Å². The molecule has 2 atom stereocenters. The molecule has 0 radical (unpaired) electrons. The molecule has 2 unspecified atom stereocenters. The van der Waals surface area contributed by atoms with E-state index in [1.165, 1.54) is 0 Å². The van der Waals surface area contributed by atoms with Crippen LogP contribution < -0.4 is 0 Å². The van der Waals surface area contributed by atoms with Crippen LogP contribution in [0.25, 0.3) is 0 Å². The Morgan fingerprint density at radius 1 is 1.50 bits per heavy atom. The van der Waals surface area contributed by atoms with Crippen LogP contribution in [-0.4, -0.2) is 28.9 Å². The van der Waals surface area contributed by atoms with Gasteiger partial charge in [0.1, 0.15) is 6.04 Å². The smallest absolute Gasteiger partial charge is 0.327 e. The van der Waals surface area contributed by atoms with Gasteiger partial charge in [-0.25, -0.2) is 4.79 Å². The monoisotopic (exact) mass is 195 g/mol. The number of carboxylic acids is 1. The highest BCUT2D eigenvalue weighted by atomic mass is 16.5. The van der Waals surface area contributed by atoms with Gasteiger partial charge in [0.05, 0.1) is 6.61 Å². The third-order valence-electron chi connectivity index (χ3n) is 2.61. The molecule has 1 aromatic rings. The van der Waals surface area contributed by atoms with Crippen LogP contribution in [0.4, 0.5) is 0 Å². The van der Waals surface area contributed by atoms with Gasteiger partial charge >= 0.3 is 5.97 Å². The van der Waals surface area contributed by atoms with Gasteiger partial charge < -0.3 is 14.4 Å². The summed E-state index contributed by atoms with van der Waals surface area (Å²) >= 11 is 0. The van der Waals surface area contributed by atoms with Gasteiger partial charge in [-0.05, 0) is 18.6 Å². The second kappa shape index (κ2) is 3.84. The number of carbonyl (C=O) groups is 1. The molecule has 1 saturated heterocycles. The van der Waals surface area contributed by atoms with Crippen molar-refractivity contribution in [2.45, 2.75) is 12.5 Å². The highest BCUT2D eigenvalue weighted by Crippen LogP contribution is 2.26. The molecule has 1 aromatic heterocycles. The fourth-order valence-electron chi connectivity index (χ4n) is 1.91. The van der Waals surface area contributed by atoms with E-state index in [1.54, 1.807) is 17.0 Å². The zero-order valence-corrected chi connectivity index (χ0v) is 7.80. The Balaban J connectivity index is 2.19. The maximum atomic E-state index is 11.1. The molecule has 4 heteroatoms. The van der Waals surface area contributed by atoms with Gasteiger partial charge in [-0.2, -0.15) is 0 Å². The molecule has 0 spiro atoms. The average molecular weight is 195 g/mol. The predicted octanol–water partition coefficient (Wildman–Crippen LogP) is 1.15. The first-order valence-electron chi connectivity index (χ1n) is 4.72. The van der Waals surface area contributed by atoms with Crippen molar-refractivity contribution < 1.29 is 14.6 Å². The minimum Gasteiger partial charge on any atom is -0.480 e. The van der Waals surface area contributed by atoms with E-state index in [9.17, 15) is 4.79 Å². The summed E-state index contributed by atoms with van der Waals surface area (Å²) in [6.45, 7) is 1.23. The lowest BCUT2D eigenvalue weighted by Crippen LogP contribution is -2.26. The fraction of sp³-hybridized carbons (Fsp3) is 0.500. The molecular weight excluding hydrogens is 182 g/mol. The normalized spacial score (nSPS) is 23.6. The van der Waals surface area contributed by atoms with Crippen LogP contribution in [0, 0.1) is 5.92 Å². The molecule has 76 valence electrons. The van der Waals surface area contributed by atoms with Gasteiger partial charge in [0.2, 0.25) is 0 Å². The number of aromatic nitrogens is 1. The molecule has 0 aliphatic carbocycles. The lowest BCUT2D eigenvalue weighted by atomic mass is 9.99. The Labute approximate surface area is 82.1 Å². The van der Waals surface area contributed by atoms with E-state index in [-0.39, 0.29) is 5.92 Å². The molecule has 0 aromatic carbocycles. The first kappa shape index (κ1) is 9.27. The van der Waals surface area contributed by atoms with Crippen molar-refractivity contribution >= 4 is 5.97 Å². The molecule has 2 heterocycles. The summed E-state index contributed by atoms with van der Waals surface area (Å²) in [5, 5.41) is 9.13. The first-order chi connectivity index (χ1) is 6.79. The highest BCUT2D eigenvalue weighted by Gasteiger charge is 2.31. The van der Waals surface area contributed by atoms with Gasteiger partial charge in [-0.1, -0.05) is 0 Å². The lowest BCUT2D eigenvalue weighted by Gasteiger charge is -2.19. The van der Waals surface area contributed by atoms with E-state index in [0.29, 0.717) is 13.2 Å². The van der Waals surface area contributed by atoms with Crippen LogP contribution in [0.15, 0.2) is 24.5 Å². The van der Waals surface area contributed by atoms with E-state index in [4.69, 9.17) is 9.84 Å².